The average Bonchev–Trinajstić information content (AvgIpc) is 2.81. The first-order valence-electron chi connectivity index (χ1n) is 6.57. The molecule has 0 unspecified atom stereocenters. The van der Waals surface area contributed by atoms with Crippen molar-refractivity contribution in [2.75, 3.05) is 6.54 Å². The predicted octanol–water partition coefficient (Wildman–Crippen LogP) is 3.27. The smallest absolute Gasteiger partial charge is 0.137 e. The molecule has 1 aromatic carbocycles. The second-order valence-electron chi connectivity index (χ2n) is 5.25. The molecule has 2 aromatic rings. The van der Waals surface area contributed by atoms with Crippen LogP contribution in [-0.2, 0) is 6.54 Å². The van der Waals surface area contributed by atoms with E-state index in [0.29, 0.717) is 11.5 Å². The van der Waals surface area contributed by atoms with E-state index in [2.05, 4.69) is 29.1 Å². The molecule has 0 saturated carbocycles. The van der Waals surface area contributed by atoms with Crippen LogP contribution in [0.1, 0.15) is 25.1 Å². The number of halogens is 1. The van der Waals surface area contributed by atoms with Gasteiger partial charge in [-0.25, -0.2) is 9.37 Å². The largest absolute Gasteiger partial charge is 0.341 e. The summed E-state index contributed by atoms with van der Waals surface area (Å²) in [6.45, 7) is 7.85. The molecule has 0 spiro atoms. The van der Waals surface area contributed by atoms with Crippen molar-refractivity contribution >= 4 is 0 Å². The highest BCUT2D eigenvalue weighted by atomic mass is 19.1. The van der Waals surface area contributed by atoms with Gasteiger partial charge in [0.25, 0.3) is 0 Å². The van der Waals surface area contributed by atoms with Crippen molar-refractivity contribution in [2.24, 2.45) is 5.92 Å². The molecule has 2 rings (SSSR count). The third-order valence-corrected chi connectivity index (χ3v) is 2.93. The van der Waals surface area contributed by atoms with Crippen LogP contribution in [0.5, 0.6) is 0 Å². The van der Waals surface area contributed by atoms with Gasteiger partial charge in [0.15, 0.2) is 0 Å². The number of aromatic nitrogens is 2. The normalized spacial score (nSPS) is 11.2. The number of H-pyrrole nitrogens is 1. The van der Waals surface area contributed by atoms with Gasteiger partial charge in [0.1, 0.15) is 11.6 Å². The summed E-state index contributed by atoms with van der Waals surface area (Å²) >= 11 is 0. The first kappa shape index (κ1) is 13.7. The maximum absolute atomic E-state index is 13.2. The third-order valence-electron chi connectivity index (χ3n) is 2.93. The molecule has 0 saturated heterocycles. The van der Waals surface area contributed by atoms with Crippen molar-refractivity contribution in [3.63, 3.8) is 0 Å². The van der Waals surface area contributed by atoms with Crippen LogP contribution in [0.25, 0.3) is 11.4 Å². The summed E-state index contributed by atoms with van der Waals surface area (Å²) in [5, 5.41) is 3.36. The number of rotatable bonds is 5. The van der Waals surface area contributed by atoms with E-state index in [4.69, 9.17) is 0 Å². The summed E-state index contributed by atoms with van der Waals surface area (Å²) in [5.41, 5.74) is 2.58. The Kier molecular flexibility index (Phi) is 4.32. The highest BCUT2D eigenvalue weighted by molar-refractivity contribution is 5.56. The molecule has 4 heteroatoms. The lowest BCUT2D eigenvalue weighted by molar-refractivity contribution is 0.549. The summed E-state index contributed by atoms with van der Waals surface area (Å²) in [5.74, 6) is 1.22. The van der Waals surface area contributed by atoms with Gasteiger partial charge in [-0.2, -0.15) is 0 Å². The number of hydrogen-bond donors (Lipinski definition) is 2. The van der Waals surface area contributed by atoms with E-state index in [1.54, 1.807) is 19.1 Å². The van der Waals surface area contributed by atoms with E-state index < -0.39 is 0 Å². The zero-order valence-electron chi connectivity index (χ0n) is 11.6. The number of aromatic amines is 1. The summed E-state index contributed by atoms with van der Waals surface area (Å²) in [6, 6.07) is 5.02. The lowest BCUT2D eigenvalue weighted by Gasteiger charge is -2.05. The van der Waals surface area contributed by atoms with Gasteiger partial charge in [-0.1, -0.05) is 13.8 Å². The summed E-state index contributed by atoms with van der Waals surface area (Å²) in [4.78, 5) is 7.59. The molecule has 0 aliphatic heterocycles. The number of nitrogens with zero attached hydrogens (tertiary/aromatic N) is 1. The maximum atomic E-state index is 13.2. The second kappa shape index (κ2) is 5.97. The molecule has 19 heavy (non-hydrogen) atoms. The SMILES string of the molecule is Cc1cc(-c2ncc(CNCC(C)C)[nH]2)ccc1F. The van der Waals surface area contributed by atoms with Gasteiger partial charge in [0.05, 0.1) is 0 Å². The highest BCUT2D eigenvalue weighted by Gasteiger charge is 2.06. The molecule has 0 bridgehead atoms. The Bertz CT molecular complexity index is 546. The Morgan fingerprint density at radius 2 is 2.16 bits per heavy atom. The van der Waals surface area contributed by atoms with Crippen LogP contribution in [0.4, 0.5) is 4.39 Å². The number of nitrogens with one attached hydrogen (secondary N) is 2. The zero-order valence-corrected chi connectivity index (χ0v) is 11.6. The first-order chi connectivity index (χ1) is 9.06. The molecule has 0 aliphatic carbocycles. The fourth-order valence-corrected chi connectivity index (χ4v) is 1.88. The minimum atomic E-state index is -0.186. The van der Waals surface area contributed by atoms with Crippen LogP contribution in [0.2, 0.25) is 0 Å². The molecular weight excluding hydrogens is 241 g/mol. The highest BCUT2D eigenvalue weighted by Crippen LogP contribution is 2.18. The molecule has 0 amide bonds. The predicted molar refractivity (Wildman–Crippen MR) is 75.3 cm³/mol. The van der Waals surface area contributed by atoms with Crippen LogP contribution < -0.4 is 5.32 Å². The summed E-state index contributed by atoms with van der Waals surface area (Å²) in [7, 11) is 0. The van der Waals surface area contributed by atoms with Crippen molar-refractivity contribution in [3.05, 3.63) is 41.5 Å². The van der Waals surface area contributed by atoms with Crippen molar-refractivity contribution in [1.29, 1.82) is 0 Å². The average molecular weight is 261 g/mol. The van der Waals surface area contributed by atoms with Crippen molar-refractivity contribution in [3.8, 4) is 11.4 Å². The van der Waals surface area contributed by atoms with Crippen LogP contribution in [0.3, 0.4) is 0 Å². The quantitative estimate of drug-likeness (QED) is 0.867. The number of aryl methyl sites for hydroxylation is 1. The fourth-order valence-electron chi connectivity index (χ4n) is 1.88. The number of imidazole rings is 1. The van der Waals surface area contributed by atoms with Crippen molar-refractivity contribution in [2.45, 2.75) is 27.3 Å². The minimum Gasteiger partial charge on any atom is -0.341 e. The van der Waals surface area contributed by atoms with Crippen LogP contribution in [-0.4, -0.2) is 16.5 Å². The Balaban J connectivity index is 2.05. The van der Waals surface area contributed by atoms with E-state index in [1.165, 1.54) is 6.07 Å². The number of benzene rings is 1. The van der Waals surface area contributed by atoms with Gasteiger partial charge < -0.3 is 10.3 Å². The van der Waals surface area contributed by atoms with E-state index in [-0.39, 0.29) is 5.82 Å². The minimum absolute atomic E-state index is 0.186. The lowest BCUT2D eigenvalue weighted by atomic mass is 10.1. The van der Waals surface area contributed by atoms with Gasteiger partial charge in [0.2, 0.25) is 0 Å². The van der Waals surface area contributed by atoms with Crippen molar-refractivity contribution < 1.29 is 4.39 Å². The topological polar surface area (TPSA) is 40.7 Å². The Morgan fingerprint density at radius 1 is 1.37 bits per heavy atom. The van der Waals surface area contributed by atoms with E-state index >= 15 is 0 Å². The maximum Gasteiger partial charge on any atom is 0.137 e. The molecule has 0 aliphatic rings. The summed E-state index contributed by atoms with van der Waals surface area (Å²) in [6.07, 6.45) is 1.82. The molecule has 3 nitrogen and oxygen atoms in total. The van der Waals surface area contributed by atoms with Crippen molar-refractivity contribution in [1.82, 2.24) is 15.3 Å². The third kappa shape index (κ3) is 3.64. The molecule has 1 aromatic heterocycles. The first-order valence-corrected chi connectivity index (χ1v) is 6.57. The lowest BCUT2D eigenvalue weighted by Crippen LogP contribution is -2.19. The van der Waals surface area contributed by atoms with Crippen LogP contribution >= 0.6 is 0 Å². The molecule has 102 valence electrons. The van der Waals surface area contributed by atoms with Crippen LogP contribution in [0, 0.1) is 18.7 Å². The van der Waals surface area contributed by atoms with E-state index in [0.717, 1.165) is 30.2 Å². The summed E-state index contributed by atoms with van der Waals surface area (Å²) < 4.78 is 13.2. The van der Waals surface area contributed by atoms with Gasteiger partial charge >= 0.3 is 0 Å². The van der Waals surface area contributed by atoms with Gasteiger partial charge in [0, 0.05) is 24.0 Å². The Labute approximate surface area is 113 Å². The van der Waals surface area contributed by atoms with Crippen LogP contribution in [0.15, 0.2) is 24.4 Å². The fraction of sp³-hybridized carbons (Fsp3) is 0.400. The Morgan fingerprint density at radius 3 is 2.84 bits per heavy atom. The standard InChI is InChI=1S/C15H20FN3/c1-10(2)7-17-8-13-9-18-15(19-13)12-4-5-14(16)11(3)6-12/h4-6,9-10,17H,7-8H2,1-3H3,(H,18,19). The Hall–Kier alpha value is -1.68. The monoisotopic (exact) mass is 261 g/mol. The molecule has 0 fully saturated rings. The van der Waals surface area contributed by atoms with Gasteiger partial charge in [-0.05, 0) is 43.1 Å². The second-order valence-corrected chi connectivity index (χ2v) is 5.25. The molecule has 0 atom stereocenters. The molecular formula is C15H20FN3. The molecule has 2 N–H and O–H groups in total. The molecule has 1 heterocycles. The van der Waals surface area contributed by atoms with E-state index in [1.807, 2.05) is 6.20 Å². The zero-order chi connectivity index (χ0) is 13.8. The number of hydrogen-bond acceptors (Lipinski definition) is 2. The van der Waals surface area contributed by atoms with Gasteiger partial charge in [-0.15, -0.1) is 0 Å². The van der Waals surface area contributed by atoms with E-state index in [9.17, 15) is 4.39 Å². The van der Waals surface area contributed by atoms with Gasteiger partial charge in [-0.3, -0.25) is 0 Å². The molecule has 0 radical (unpaired) electrons.